The molecule has 1 amide bonds. The predicted octanol–water partition coefficient (Wildman–Crippen LogP) is 0.223. The summed E-state index contributed by atoms with van der Waals surface area (Å²) in [5.74, 6) is 0.312. The minimum Gasteiger partial charge on any atom is -0.339 e. The molecular weight excluding hydrogens is 252 g/mol. The average molecular weight is 282 g/mol. The molecule has 1 N–H and O–H groups in total. The van der Waals surface area contributed by atoms with Crippen LogP contribution in [0.4, 0.5) is 0 Å². The summed E-state index contributed by atoms with van der Waals surface area (Å²) >= 11 is 0. The number of hydrogen-bond donors (Lipinski definition) is 1. The zero-order valence-electron chi connectivity index (χ0n) is 13.3. The highest BCUT2D eigenvalue weighted by Crippen LogP contribution is 2.19. The van der Waals surface area contributed by atoms with Crippen molar-refractivity contribution in [3.05, 3.63) is 0 Å². The third-order valence-electron chi connectivity index (χ3n) is 4.86. The first-order valence-electron chi connectivity index (χ1n) is 8.15. The van der Waals surface area contributed by atoms with Gasteiger partial charge in [0.1, 0.15) is 0 Å². The number of carbonyl (C=O) groups excluding carboxylic acids is 1. The molecule has 0 aromatic carbocycles. The standard InChI is InChI=1S/C15H30N4O/c1-4-17(5-2)14-6-9-19(12-14)13(3)15(20)18-10-7-16-8-11-18/h13-14,16H,4-12H2,1-3H3. The number of amides is 1. The number of carbonyl (C=O) groups is 1. The molecule has 20 heavy (non-hydrogen) atoms. The van der Waals surface area contributed by atoms with Gasteiger partial charge >= 0.3 is 0 Å². The molecule has 0 aliphatic carbocycles. The molecule has 0 radical (unpaired) electrons. The second-order valence-electron chi connectivity index (χ2n) is 5.91. The van der Waals surface area contributed by atoms with E-state index in [9.17, 15) is 4.79 Å². The average Bonchev–Trinajstić information content (AvgIpc) is 2.97. The van der Waals surface area contributed by atoms with E-state index in [1.807, 2.05) is 4.90 Å². The molecule has 2 saturated heterocycles. The Kier molecular flexibility index (Phi) is 5.81. The first-order chi connectivity index (χ1) is 9.67. The van der Waals surface area contributed by atoms with Crippen LogP contribution in [-0.4, -0.2) is 85.0 Å². The Morgan fingerprint density at radius 3 is 2.50 bits per heavy atom. The monoisotopic (exact) mass is 282 g/mol. The van der Waals surface area contributed by atoms with Crippen molar-refractivity contribution in [3.63, 3.8) is 0 Å². The van der Waals surface area contributed by atoms with Crippen molar-refractivity contribution in [1.82, 2.24) is 20.0 Å². The smallest absolute Gasteiger partial charge is 0.239 e. The van der Waals surface area contributed by atoms with Gasteiger partial charge in [-0.15, -0.1) is 0 Å². The maximum Gasteiger partial charge on any atom is 0.239 e. The Morgan fingerprint density at radius 2 is 1.90 bits per heavy atom. The zero-order chi connectivity index (χ0) is 14.5. The van der Waals surface area contributed by atoms with Crippen LogP contribution in [0.15, 0.2) is 0 Å². The highest BCUT2D eigenvalue weighted by atomic mass is 16.2. The zero-order valence-corrected chi connectivity index (χ0v) is 13.3. The molecule has 2 atom stereocenters. The van der Waals surface area contributed by atoms with E-state index in [-0.39, 0.29) is 6.04 Å². The summed E-state index contributed by atoms with van der Waals surface area (Å²) in [6.07, 6.45) is 1.20. The lowest BCUT2D eigenvalue weighted by Gasteiger charge is -2.33. The van der Waals surface area contributed by atoms with Crippen LogP contribution < -0.4 is 5.32 Å². The Bertz CT molecular complexity index is 313. The van der Waals surface area contributed by atoms with Crippen LogP contribution in [0.3, 0.4) is 0 Å². The van der Waals surface area contributed by atoms with E-state index in [0.717, 1.165) is 52.4 Å². The van der Waals surface area contributed by atoms with Crippen molar-refractivity contribution >= 4 is 5.91 Å². The molecule has 2 heterocycles. The second-order valence-corrected chi connectivity index (χ2v) is 5.91. The highest BCUT2D eigenvalue weighted by Gasteiger charge is 2.33. The van der Waals surface area contributed by atoms with Gasteiger partial charge in [0, 0.05) is 45.3 Å². The number of nitrogens with zero attached hydrogens (tertiary/aromatic N) is 3. The first-order valence-corrected chi connectivity index (χ1v) is 8.15. The summed E-state index contributed by atoms with van der Waals surface area (Å²) in [6.45, 7) is 14.4. The fraction of sp³-hybridized carbons (Fsp3) is 0.933. The van der Waals surface area contributed by atoms with Crippen LogP contribution in [0, 0.1) is 0 Å². The van der Waals surface area contributed by atoms with E-state index in [0.29, 0.717) is 11.9 Å². The van der Waals surface area contributed by atoms with Crippen molar-refractivity contribution in [1.29, 1.82) is 0 Å². The number of nitrogens with one attached hydrogen (secondary N) is 1. The molecule has 5 heteroatoms. The van der Waals surface area contributed by atoms with Crippen molar-refractivity contribution in [2.45, 2.75) is 39.3 Å². The van der Waals surface area contributed by atoms with Gasteiger partial charge in [-0.25, -0.2) is 0 Å². The van der Waals surface area contributed by atoms with E-state index in [1.54, 1.807) is 0 Å². The maximum absolute atomic E-state index is 12.5. The number of rotatable bonds is 5. The van der Waals surface area contributed by atoms with Crippen LogP contribution in [0.2, 0.25) is 0 Å². The van der Waals surface area contributed by atoms with E-state index >= 15 is 0 Å². The van der Waals surface area contributed by atoms with Gasteiger partial charge in [0.2, 0.25) is 5.91 Å². The van der Waals surface area contributed by atoms with Crippen LogP contribution in [0.5, 0.6) is 0 Å². The van der Waals surface area contributed by atoms with Gasteiger partial charge in [-0.05, 0) is 26.4 Å². The molecule has 0 aromatic heterocycles. The first kappa shape index (κ1) is 15.7. The molecule has 5 nitrogen and oxygen atoms in total. The Morgan fingerprint density at radius 1 is 1.25 bits per heavy atom. The molecule has 2 aliphatic rings. The summed E-state index contributed by atoms with van der Waals surface area (Å²) in [5.41, 5.74) is 0. The van der Waals surface area contributed by atoms with Gasteiger partial charge in [-0.1, -0.05) is 13.8 Å². The number of likely N-dealkylation sites (tertiary alicyclic amines) is 1. The fourth-order valence-corrected chi connectivity index (χ4v) is 3.46. The molecule has 0 aromatic rings. The minimum absolute atomic E-state index is 0.0358. The lowest BCUT2D eigenvalue weighted by molar-refractivity contribution is -0.136. The normalized spacial score (nSPS) is 26.2. The van der Waals surface area contributed by atoms with Crippen LogP contribution in [0.25, 0.3) is 0 Å². The summed E-state index contributed by atoms with van der Waals surface area (Å²) in [7, 11) is 0. The van der Waals surface area contributed by atoms with E-state index in [2.05, 4.69) is 35.9 Å². The molecule has 2 rings (SSSR count). The van der Waals surface area contributed by atoms with Crippen LogP contribution in [-0.2, 0) is 4.79 Å². The fourth-order valence-electron chi connectivity index (χ4n) is 3.46. The quantitative estimate of drug-likeness (QED) is 0.783. The summed E-state index contributed by atoms with van der Waals surface area (Å²) in [4.78, 5) is 19.4. The third-order valence-corrected chi connectivity index (χ3v) is 4.86. The van der Waals surface area contributed by atoms with Crippen molar-refractivity contribution in [2.75, 3.05) is 52.4 Å². The molecule has 2 aliphatic heterocycles. The summed E-state index contributed by atoms with van der Waals surface area (Å²) in [6, 6.07) is 0.664. The van der Waals surface area contributed by atoms with Gasteiger partial charge in [-0.2, -0.15) is 0 Å². The van der Waals surface area contributed by atoms with Gasteiger partial charge in [0.05, 0.1) is 6.04 Å². The number of hydrogen-bond acceptors (Lipinski definition) is 4. The third kappa shape index (κ3) is 3.51. The van der Waals surface area contributed by atoms with Crippen molar-refractivity contribution < 1.29 is 4.79 Å². The Hall–Kier alpha value is -0.650. The van der Waals surface area contributed by atoms with Crippen LogP contribution in [0.1, 0.15) is 27.2 Å². The lowest BCUT2D eigenvalue weighted by Crippen LogP contribution is -2.53. The topological polar surface area (TPSA) is 38.8 Å². The van der Waals surface area contributed by atoms with Crippen LogP contribution >= 0.6 is 0 Å². The van der Waals surface area contributed by atoms with E-state index < -0.39 is 0 Å². The number of piperazine rings is 1. The van der Waals surface area contributed by atoms with Crippen molar-refractivity contribution in [3.8, 4) is 0 Å². The molecule has 0 spiro atoms. The van der Waals surface area contributed by atoms with Gasteiger partial charge in [-0.3, -0.25) is 14.6 Å². The molecule has 2 fully saturated rings. The van der Waals surface area contributed by atoms with E-state index in [1.165, 1.54) is 6.42 Å². The predicted molar refractivity (Wildman–Crippen MR) is 81.8 cm³/mol. The van der Waals surface area contributed by atoms with E-state index in [4.69, 9.17) is 0 Å². The lowest BCUT2D eigenvalue weighted by atomic mass is 10.2. The molecular formula is C15H30N4O. The Labute approximate surface area is 123 Å². The Balaban J connectivity index is 1.86. The molecule has 0 bridgehead atoms. The number of likely N-dealkylation sites (N-methyl/N-ethyl adjacent to an activating group) is 1. The van der Waals surface area contributed by atoms with Gasteiger partial charge in [0.25, 0.3) is 0 Å². The molecule has 116 valence electrons. The second kappa shape index (κ2) is 7.38. The van der Waals surface area contributed by atoms with Gasteiger partial charge < -0.3 is 10.2 Å². The largest absolute Gasteiger partial charge is 0.339 e. The van der Waals surface area contributed by atoms with Crippen molar-refractivity contribution in [2.24, 2.45) is 0 Å². The highest BCUT2D eigenvalue weighted by molar-refractivity contribution is 5.81. The van der Waals surface area contributed by atoms with Gasteiger partial charge in [0.15, 0.2) is 0 Å². The minimum atomic E-state index is 0.0358. The summed E-state index contributed by atoms with van der Waals surface area (Å²) < 4.78 is 0. The molecule has 2 unspecified atom stereocenters. The maximum atomic E-state index is 12.5. The molecule has 0 saturated carbocycles. The SMILES string of the molecule is CCN(CC)C1CCN(C(C)C(=O)N2CCNCC2)C1. The summed E-state index contributed by atoms with van der Waals surface area (Å²) in [5, 5.41) is 3.30.